The maximum absolute atomic E-state index is 9.11. The number of aliphatic hydroxyl groups excluding tert-OH is 1. The average molecular weight is 241 g/mol. The number of hydrogen-bond acceptors (Lipinski definition) is 5. The summed E-state index contributed by atoms with van der Waals surface area (Å²) in [4.78, 5) is 6.81. The highest BCUT2D eigenvalue weighted by Gasteiger charge is 2.26. The van der Waals surface area contributed by atoms with Gasteiger partial charge in [0.1, 0.15) is 5.82 Å². The van der Waals surface area contributed by atoms with Crippen molar-refractivity contribution in [3.63, 3.8) is 0 Å². The Morgan fingerprint density at radius 1 is 1.50 bits per heavy atom. The van der Waals surface area contributed by atoms with E-state index in [-0.39, 0.29) is 12.0 Å². The molecule has 4 nitrogen and oxygen atoms in total. The average Bonchev–Trinajstić information content (AvgIpc) is 2.85. The lowest BCUT2D eigenvalue weighted by molar-refractivity contribution is 0.238. The smallest absolute Gasteiger partial charge is 0.205 e. The molecule has 1 atom stereocenters. The molecule has 0 radical (unpaired) electrons. The van der Waals surface area contributed by atoms with Crippen molar-refractivity contribution in [2.24, 2.45) is 5.92 Å². The summed E-state index contributed by atoms with van der Waals surface area (Å²) in [7, 11) is 0. The van der Waals surface area contributed by atoms with Crippen molar-refractivity contribution in [1.82, 2.24) is 9.36 Å². The molecule has 1 aromatic rings. The highest BCUT2D eigenvalue weighted by atomic mass is 32.1. The highest BCUT2D eigenvalue weighted by molar-refractivity contribution is 7.09. The summed E-state index contributed by atoms with van der Waals surface area (Å²) < 4.78 is 4.41. The summed E-state index contributed by atoms with van der Waals surface area (Å²) in [5.74, 6) is 1.32. The number of aliphatic hydroxyl groups is 1. The molecule has 1 aliphatic heterocycles. The Balaban J connectivity index is 2.08. The Labute approximate surface area is 100 Å². The summed E-state index contributed by atoms with van der Waals surface area (Å²) in [5, 5.41) is 10.1. The largest absolute Gasteiger partial charge is 0.396 e. The Bertz CT molecular complexity index is 358. The normalized spacial score (nSPS) is 21.8. The molecular formula is C11H19N3OS. The van der Waals surface area contributed by atoms with Gasteiger partial charge in [-0.05, 0) is 6.42 Å². The second-order valence-electron chi connectivity index (χ2n) is 5.43. The van der Waals surface area contributed by atoms with E-state index in [0.29, 0.717) is 5.92 Å². The lowest BCUT2D eigenvalue weighted by Crippen LogP contribution is -2.21. The highest BCUT2D eigenvalue weighted by Crippen LogP contribution is 2.28. The van der Waals surface area contributed by atoms with Crippen LogP contribution in [0.1, 0.15) is 33.0 Å². The van der Waals surface area contributed by atoms with Crippen molar-refractivity contribution in [3.05, 3.63) is 5.82 Å². The molecule has 1 unspecified atom stereocenters. The molecule has 1 saturated heterocycles. The van der Waals surface area contributed by atoms with Crippen molar-refractivity contribution in [3.8, 4) is 0 Å². The van der Waals surface area contributed by atoms with Gasteiger partial charge in [0.25, 0.3) is 0 Å². The molecule has 0 amide bonds. The van der Waals surface area contributed by atoms with E-state index in [2.05, 4.69) is 35.0 Å². The standard InChI is InChI=1S/C11H19N3OS/c1-11(2,3)9-12-10(16-13-9)14-5-4-8(6-14)7-15/h8,15H,4-7H2,1-3H3. The zero-order chi connectivity index (χ0) is 11.8. The van der Waals surface area contributed by atoms with Crippen LogP contribution in [-0.2, 0) is 5.41 Å². The van der Waals surface area contributed by atoms with Crippen LogP contribution in [0.5, 0.6) is 0 Å². The van der Waals surface area contributed by atoms with Crippen molar-refractivity contribution in [1.29, 1.82) is 0 Å². The minimum atomic E-state index is 0.0187. The van der Waals surface area contributed by atoms with Crippen LogP contribution in [0, 0.1) is 5.92 Å². The van der Waals surface area contributed by atoms with Gasteiger partial charge < -0.3 is 10.0 Å². The van der Waals surface area contributed by atoms with Crippen molar-refractivity contribution < 1.29 is 5.11 Å². The quantitative estimate of drug-likeness (QED) is 0.855. The number of rotatable bonds is 2. The Kier molecular flexibility index (Phi) is 3.17. The second kappa shape index (κ2) is 4.30. The van der Waals surface area contributed by atoms with Crippen LogP contribution in [-0.4, -0.2) is 34.2 Å². The third-order valence-corrected chi connectivity index (χ3v) is 3.68. The number of anilines is 1. The molecule has 0 aliphatic carbocycles. The minimum absolute atomic E-state index is 0.0187. The predicted molar refractivity (Wildman–Crippen MR) is 66.0 cm³/mol. The van der Waals surface area contributed by atoms with Crippen molar-refractivity contribution in [2.75, 3.05) is 24.6 Å². The molecule has 1 fully saturated rings. The fraction of sp³-hybridized carbons (Fsp3) is 0.818. The molecule has 5 heteroatoms. The molecule has 90 valence electrons. The molecule has 2 heterocycles. The lowest BCUT2D eigenvalue weighted by atomic mass is 9.96. The molecule has 2 rings (SSSR count). The van der Waals surface area contributed by atoms with Crippen LogP contribution in [0.3, 0.4) is 0 Å². The molecule has 0 spiro atoms. The van der Waals surface area contributed by atoms with Crippen molar-refractivity contribution in [2.45, 2.75) is 32.6 Å². The fourth-order valence-corrected chi connectivity index (χ4v) is 2.70. The number of nitrogens with zero attached hydrogens (tertiary/aromatic N) is 3. The molecule has 1 aliphatic rings. The third kappa shape index (κ3) is 2.35. The van der Waals surface area contributed by atoms with Crippen LogP contribution in [0.15, 0.2) is 0 Å². The first-order chi connectivity index (χ1) is 7.50. The Morgan fingerprint density at radius 2 is 2.25 bits per heavy atom. The van der Waals surface area contributed by atoms with Gasteiger partial charge in [-0.25, -0.2) is 4.98 Å². The maximum atomic E-state index is 9.11. The van der Waals surface area contributed by atoms with E-state index >= 15 is 0 Å². The Morgan fingerprint density at radius 3 is 2.75 bits per heavy atom. The van der Waals surface area contributed by atoms with Gasteiger partial charge in [-0.2, -0.15) is 4.37 Å². The molecule has 1 N–H and O–H groups in total. The summed E-state index contributed by atoms with van der Waals surface area (Å²) in [6, 6.07) is 0. The van der Waals surface area contributed by atoms with E-state index in [4.69, 9.17) is 5.11 Å². The summed E-state index contributed by atoms with van der Waals surface area (Å²) in [5.41, 5.74) is 0.0187. The van der Waals surface area contributed by atoms with E-state index in [1.165, 1.54) is 11.5 Å². The molecule has 0 bridgehead atoms. The molecule has 0 saturated carbocycles. The Hall–Kier alpha value is -0.680. The summed E-state index contributed by atoms with van der Waals surface area (Å²) in [6.45, 7) is 8.55. The third-order valence-electron chi connectivity index (χ3n) is 2.90. The van der Waals surface area contributed by atoms with Crippen molar-refractivity contribution >= 4 is 16.7 Å². The first-order valence-corrected chi connectivity index (χ1v) is 6.48. The van der Waals surface area contributed by atoms with Gasteiger partial charge in [-0.1, -0.05) is 20.8 Å². The van der Waals surface area contributed by atoms with Gasteiger partial charge in [0.2, 0.25) is 5.13 Å². The van der Waals surface area contributed by atoms with E-state index in [1.54, 1.807) is 0 Å². The second-order valence-corrected chi connectivity index (χ2v) is 6.16. The van der Waals surface area contributed by atoms with Crippen LogP contribution in [0.2, 0.25) is 0 Å². The van der Waals surface area contributed by atoms with Gasteiger partial charge in [0.05, 0.1) is 0 Å². The molecule has 16 heavy (non-hydrogen) atoms. The van der Waals surface area contributed by atoms with Crippen LogP contribution in [0.4, 0.5) is 5.13 Å². The van der Waals surface area contributed by atoms with Gasteiger partial charge in [0, 0.05) is 42.6 Å². The molecule has 1 aromatic heterocycles. The summed E-state index contributed by atoms with van der Waals surface area (Å²) in [6.07, 6.45) is 1.06. The molecule has 0 aromatic carbocycles. The van der Waals surface area contributed by atoms with E-state index in [1.807, 2.05) is 0 Å². The first-order valence-electron chi connectivity index (χ1n) is 5.70. The van der Waals surface area contributed by atoms with Crippen LogP contribution in [0.25, 0.3) is 0 Å². The SMILES string of the molecule is CC(C)(C)c1nsc(N2CCC(CO)C2)n1. The number of aromatic nitrogens is 2. The van der Waals surface area contributed by atoms with Gasteiger partial charge in [-0.3, -0.25) is 0 Å². The summed E-state index contributed by atoms with van der Waals surface area (Å²) >= 11 is 1.47. The van der Waals surface area contributed by atoms with Crippen LogP contribution < -0.4 is 4.90 Å². The zero-order valence-electron chi connectivity index (χ0n) is 10.1. The topological polar surface area (TPSA) is 49.2 Å². The first kappa shape index (κ1) is 11.8. The van der Waals surface area contributed by atoms with E-state index in [9.17, 15) is 0 Å². The van der Waals surface area contributed by atoms with E-state index in [0.717, 1.165) is 30.5 Å². The maximum Gasteiger partial charge on any atom is 0.205 e. The predicted octanol–water partition coefficient (Wildman–Crippen LogP) is 1.65. The monoisotopic (exact) mass is 241 g/mol. The van der Waals surface area contributed by atoms with Gasteiger partial charge in [0.15, 0.2) is 0 Å². The van der Waals surface area contributed by atoms with Crippen LogP contribution >= 0.6 is 11.5 Å². The molecular weight excluding hydrogens is 222 g/mol. The number of hydrogen-bond donors (Lipinski definition) is 1. The van der Waals surface area contributed by atoms with Gasteiger partial charge >= 0.3 is 0 Å². The minimum Gasteiger partial charge on any atom is -0.396 e. The zero-order valence-corrected chi connectivity index (χ0v) is 10.9. The van der Waals surface area contributed by atoms with E-state index < -0.39 is 0 Å². The fourth-order valence-electron chi connectivity index (χ4n) is 1.80. The van der Waals surface area contributed by atoms with Gasteiger partial charge in [-0.15, -0.1) is 0 Å². The lowest BCUT2D eigenvalue weighted by Gasteiger charge is -2.15.